The van der Waals surface area contributed by atoms with Crippen molar-refractivity contribution in [2.75, 3.05) is 11.4 Å². The summed E-state index contributed by atoms with van der Waals surface area (Å²) in [5.74, 6) is 0. The average molecular weight is 344 g/mol. The Labute approximate surface area is 150 Å². The maximum atomic E-state index is 11.4. The molecule has 2 aromatic heterocycles. The Bertz CT molecular complexity index is 942. The highest BCUT2D eigenvalue weighted by Crippen LogP contribution is 2.33. The van der Waals surface area contributed by atoms with Crippen LogP contribution >= 0.6 is 11.3 Å². The number of aromatic nitrogens is 1. The maximum absolute atomic E-state index is 11.4. The first kappa shape index (κ1) is 15.5. The lowest BCUT2D eigenvalue weighted by atomic mass is 9.98. The number of anilines is 1. The molecule has 0 unspecified atom stereocenters. The molecule has 3 heterocycles. The average Bonchev–Trinajstić information content (AvgIpc) is 3.18. The number of aldehydes is 1. The van der Waals surface area contributed by atoms with Crippen LogP contribution in [0.25, 0.3) is 11.1 Å². The Kier molecular flexibility index (Phi) is 4.27. The summed E-state index contributed by atoms with van der Waals surface area (Å²) in [5, 5.41) is 1.96. The highest BCUT2D eigenvalue weighted by molar-refractivity contribution is 7.12. The second kappa shape index (κ2) is 6.87. The van der Waals surface area contributed by atoms with Crippen LogP contribution in [0, 0.1) is 0 Å². The van der Waals surface area contributed by atoms with E-state index >= 15 is 0 Å². The summed E-state index contributed by atoms with van der Waals surface area (Å²) < 4.78 is 0. The van der Waals surface area contributed by atoms with Crippen LogP contribution in [0.4, 0.5) is 5.69 Å². The predicted molar refractivity (Wildman–Crippen MR) is 104 cm³/mol. The van der Waals surface area contributed by atoms with Gasteiger partial charge in [-0.2, -0.15) is 0 Å². The van der Waals surface area contributed by atoms with E-state index in [1.165, 1.54) is 11.3 Å². The molecule has 1 aliphatic rings. The van der Waals surface area contributed by atoms with Crippen molar-refractivity contribution in [2.45, 2.75) is 0 Å². The third kappa shape index (κ3) is 3.16. The third-order valence-electron chi connectivity index (χ3n) is 4.16. The van der Waals surface area contributed by atoms with E-state index in [2.05, 4.69) is 34.3 Å². The Balaban J connectivity index is 1.81. The van der Waals surface area contributed by atoms with Crippen molar-refractivity contribution in [3.8, 4) is 0 Å². The van der Waals surface area contributed by atoms with E-state index in [4.69, 9.17) is 0 Å². The maximum Gasteiger partial charge on any atom is 0.160 e. The number of rotatable bonds is 4. The molecule has 4 heteroatoms. The van der Waals surface area contributed by atoms with E-state index in [-0.39, 0.29) is 0 Å². The Hall–Kier alpha value is -2.98. The molecule has 0 bridgehead atoms. The van der Waals surface area contributed by atoms with Gasteiger partial charge in [0.1, 0.15) is 0 Å². The minimum absolute atomic E-state index is 0.720. The highest BCUT2D eigenvalue weighted by atomic mass is 32.1. The number of carbonyl (C=O) groups excluding carboxylic acids is 1. The van der Waals surface area contributed by atoms with Gasteiger partial charge in [0.05, 0.1) is 10.6 Å². The number of thiophene rings is 1. The molecule has 0 radical (unpaired) electrons. The first-order chi connectivity index (χ1) is 12.3. The number of benzene rings is 1. The molecule has 25 heavy (non-hydrogen) atoms. The molecule has 0 amide bonds. The predicted octanol–water partition coefficient (Wildman–Crippen LogP) is 4.90. The van der Waals surface area contributed by atoms with Crippen LogP contribution in [0.5, 0.6) is 0 Å². The van der Waals surface area contributed by atoms with Crippen LogP contribution in [0.3, 0.4) is 0 Å². The normalized spacial score (nSPS) is 14.0. The van der Waals surface area contributed by atoms with Crippen molar-refractivity contribution in [3.05, 3.63) is 94.6 Å². The minimum atomic E-state index is 0.720. The fraction of sp³-hybridized carbons (Fsp3) is 0.0476. The van der Waals surface area contributed by atoms with E-state index in [9.17, 15) is 4.79 Å². The highest BCUT2D eigenvalue weighted by Gasteiger charge is 2.19. The zero-order valence-electron chi connectivity index (χ0n) is 13.5. The van der Waals surface area contributed by atoms with Gasteiger partial charge in [-0.1, -0.05) is 24.3 Å². The van der Waals surface area contributed by atoms with Crippen molar-refractivity contribution in [1.82, 2.24) is 4.98 Å². The standard InChI is InChI=1S/C21H16N2OS/c24-15-21-19(9-11-25-21)16-12-17(20-8-4-5-10-22-20)14-23(13-16)18-6-2-1-3-7-18/h1-12,14-15H,13H2. The molecule has 1 aromatic carbocycles. The van der Waals surface area contributed by atoms with E-state index in [0.717, 1.165) is 45.8 Å². The first-order valence-corrected chi connectivity index (χ1v) is 8.91. The number of hydrogen-bond acceptors (Lipinski definition) is 4. The topological polar surface area (TPSA) is 33.2 Å². The summed E-state index contributed by atoms with van der Waals surface area (Å²) in [6.07, 6.45) is 6.99. The number of nitrogens with zero attached hydrogens (tertiary/aromatic N) is 2. The number of carbonyl (C=O) groups is 1. The molecule has 4 rings (SSSR count). The van der Waals surface area contributed by atoms with E-state index in [1.807, 2.05) is 47.8 Å². The minimum Gasteiger partial charge on any atom is -0.343 e. The van der Waals surface area contributed by atoms with Crippen molar-refractivity contribution < 1.29 is 4.79 Å². The van der Waals surface area contributed by atoms with Crippen molar-refractivity contribution in [3.63, 3.8) is 0 Å². The lowest BCUT2D eigenvalue weighted by Gasteiger charge is -2.27. The smallest absolute Gasteiger partial charge is 0.160 e. The SMILES string of the molecule is O=Cc1sccc1C1=CC(c2ccccn2)=CN(c2ccccc2)C1. The van der Waals surface area contributed by atoms with Gasteiger partial charge in [-0.3, -0.25) is 9.78 Å². The van der Waals surface area contributed by atoms with Gasteiger partial charge < -0.3 is 4.90 Å². The van der Waals surface area contributed by atoms with Crippen LogP contribution in [0.15, 0.2) is 78.5 Å². The Morgan fingerprint density at radius 2 is 1.88 bits per heavy atom. The van der Waals surface area contributed by atoms with Crippen LogP contribution in [0.2, 0.25) is 0 Å². The van der Waals surface area contributed by atoms with Gasteiger partial charge in [-0.25, -0.2) is 0 Å². The first-order valence-electron chi connectivity index (χ1n) is 8.03. The summed E-state index contributed by atoms with van der Waals surface area (Å²) in [7, 11) is 0. The van der Waals surface area contributed by atoms with Gasteiger partial charge in [-0.05, 0) is 47.4 Å². The van der Waals surface area contributed by atoms with E-state index in [0.29, 0.717) is 0 Å². The zero-order chi connectivity index (χ0) is 17.1. The van der Waals surface area contributed by atoms with Crippen LogP contribution in [-0.4, -0.2) is 17.8 Å². The molecule has 0 spiro atoms. The monoisotopic (exact) mass is 344 g/mol. The Morgan fingerprint density at radius 1 is 1.04 bits per heavy atom. The molecule has 0 saturated heterocycles. The molecule has 0 N–H and O–H groups in total. The van der Waals surface area contributed by atoms with Crippen LogP contribution in [-0.2, 0) is 0 Å². The Morgan fingerprint density at radius 3 is 2.64 bits per heavy atom. The summed E-state index contributed by atoms with van der Waals surface area (Å²) in [6, 6.07) is 18.2. The molecule has 0 saturated carbocycles. The number of para-hydroxylation sites is 1. The van der Waals surface area contributed by atoms with Crippen LogP contribution in [0.1, 0.15) is 20.9 Å². The van der Waals surface area contributed by atoms with Crippen LogP contribution < -0.4 is 4.90 Å². The molecule has 0 fully saturated rings. The van der Waals surface area contributed by atoms with E-state index in [1.54, 1.807) is 6.20 Å². The number of allylic oxidation sites excluding steroid dienone is 2. The van der Waals surface area contributed by atoms with Gasteiger partial charge in [0.2, 0.25) is 0 Å². The molecule has 1 aliphatic heterocycles. The summed E-state index contributed by atoms with van der Waals surface area (Å²) in [4.78, 5) is 18.8. The zero-order valence-corrected chi connectivity index (χ0v) is 14.3. The third-order valence-corrected chi connectivity index (χ3v) is 5.00. The molecule has 3 nitrogen and oxygen atoms in total. The number of pyridine rings is 1. The van der Waals surface area contributed by atoms with Gasteiger partial charge in [-0.15, -0.1) is 11.3 Å². The lowest BCUT2D eigenvalue weighted by Crippen LogP contribution is -2.22. The molecule has 0 atom stereocenters. The van der Waals surface area contributed by atoms with Gasteiger partial charge in [0.15, 0.2) is 6.29 Å². The lowest BCUT2D eigenvalue weighted by molar-refractivity contribution is 0.112. The van der Waals surface area contributed by atoms with Crippen molar-refractivity contribution >= 4 is 34.5 Å². The summed E-state index contributed by atoms with van der Waals surface area (Å²) in [6.45, 7) is 0.720. The summed E-state index contributed by atoms with van der Waals surface area (Å²) in [5.41, 5.74) is 5.19. The second-order valence-electron chi connectivity index (χ2n) is 5.75. The largest absolute Gasteiger partial charge is 0.343 e. The molecule has 3 aromatic rings. The second-order valence-corrected chi connectivity index (χ2v) is 6.70. The summed E-state index contributed by atoms with van der Waals surface area (Å²) >= 11 is 1.47. The van der Waals surface area contributed by atoms with Gasteiger partial charge in [0.25, 0.3) is 0 Å². The quantitative estimate of drug-likeness (QED) is 0.631. The van der Waals surface area contributed by atoms with Gasteiger partial charge >= 0.3 is 0 Å². The molecular weight excluding hydrogens is 328 g/mol. The van der Waals surface area contributed by atoms with Crippen molar-refractivity contribution in [1.29, 1.82) is 0 Å². The number of hydrogen-bond donors (Lipinski definition) is 0. The fourth-order valence-corrected chi connectivity index (χ4v) is 3.70. The molecule has 122 valence electrons. The molecular formula is C21H16N2OS. The van der Waals surface area contributed by atoms with Gasteiger partial charge in [0, 0.05) is 35.8 Å². The van der Waals surface area contributed by atoms with E-state index < -0.39 is 0 Å². The van der Waals surface area contributed by atoms with Crippen molar-refractivity contribution in [2.24, 2.45) is 0 Å². The fourth-order valence-electron chi connectivity index (χ4n) is 2.97. The molecule has 0 aliphatic carbocycles.